The van der Waals surface area contributed by atoms with Crippen LogP contribution in [0.1, 0.15) is 30.4 Å². The minimum absolute atomic E-state index is 0.0121. The van der Waals surface area contributed by atoms with E-state index in [1.807, 2.05) is 31.2 Å². The molecular formula is C15H21N3O2. The summed E-state index contributed by atoms with van der Waals surface area (Å²) in [4.78, 5) is 12.1. The molecule has 20 heavy (non-hydrogen) atoms. The molecule has 1 saturated carbocycles. The molecule has 0 radical (unpaired) electrons. The molecule has 2 unspecified atom stereocenters. The van der Waals surface area contributed by atoms with E-state index in [-0.39, 0.29) is 23.7 Å². The maximum Gasteiger partial charge on any atom is 0.224 e. The Labute approximate surface area is 118 Å². The zero-order valence-corrected chi connectivity index (χ0v) is 11.7. The molecule has 1 fully saturated rings. The smallest absolute Gasteiger partial charge is 0.224 e. The number of carbonyl (C=O) groups is 1. The summed E-state index contributed by atoms with van der Waals surface area (Å²) in [6.45, 7) is 2.00. The number of hydrogen-bond acceptors (Lipinski definition) is 3. The van der Waals surface area contributed by atoms with Crippen molar-refractivity contribution in [3.8, 4) is 0 Å². The van der Waals surface area contributed by atoms with Crippen molar-refractivity contribution in [2.75, 3.05) is 0 Å². The third-order valence-electron chi connectivity index (χ3n) is 3.97. The lowest BCUT2D eigenvalue weighted by molar-refractivity contribution is -0.121. The molecule has 4 N–H and O–H groups in total. The average molecular weight is 275 g/mol. The van der Waals surface area contributed by atoms with Crippen LogP contribution in [0.15, 0.2) is 29.4 Å². The molecule has 0 aromatic heterocycles. The molecule has 0 bridgehead atoms. The topological polar surface area (TPSA) is 87.7 Å². The fourth-order valence-corrected chi connectivity index (χ4v) is 2.80. The Morgan fingerprint density at radius 3 is 2.90 bits per heavy atom. The van der Waals surface area contributed by atoms with Gasteiger partial charge in [0.25, 0.3) is 0 Å². The second kappa shape index (κ2) is 6.41. The lowest BCUT2D eigenvalue weighted by Crippen LogP contribution is -2.43. The van der Waals surface area contributed by atoms with E-state index in [1.54, 1.807) is 0 Å². The minimum atomic E-state index is -0.0548. The molecule has 2 rings (SSSR count). The first-order chi connectivity index (χ1) is 9.61. The fraction of sp³-hybridized carbons (Fsp3) is 0.467. The van der Waals surface area contributed by atoms with Gasteiger partial charge in [0.05, 0.1) is 6.42 Å². The van der Waals surface area contributed by atoms with E-state index in [0.29, 0.717) is 6.42 Å². The molecule has 1 aliphatic carbocycles. The molecule has 108 valence electrons. The molecule has 0 aliphatic heterocycles. The van der Waals surface area contributed by atoms with Crippen LogP contribution in [0.3, 0.4) is 0 Å². The predicted molar refractivity (Wildman–Crippen MR) is 77.6 cm³/mol. The Balaban J connectivity index is 1.96. The Morgan fingerprint density at radius 1 is 1.45 bits per heavy atom. The first-order valence-electron chi connectivity index (χ1n) is 6.93. The number of benzene rings is 1. The van der Waals surface area contributed by atoms with E-state index in [0.717, 1.165) is 30.4 Å². The van der Waals surface area contributed by atoms with Gasteiger partial charge in [-0.2, -0.15) is 0 Å². The van der Waals surface area contributed by atoms with Crippen LogP contribution >= 0.6 is 0 Å². The van der Waals surface area contributed by atoms with Crippen molar-refractivity contribution < 1.29 is 10.0 Å². The van der Waals surface area contributed by atoms with Gasteiger partial charge in [-0.05, 0) is 30.9 Å². The average Bonchev–Trinajstić information content (AvgIpc) is 2.88. The SMILES string of the molecule is Cc1ccccc1CC(=O)NC1CCCC1C(N)=NO. The summed E-state index contributed by atoms with van der Waals surface area (Å²) in [7, 11) is 0. The van der Waals surface area contributed by atoms with Gasteiger partial charge in [0.1, 0.15) is 5.84 Å². The highest BCUT2D eigenvalue weighted by molar-refractivity contribution is 5.85. The van der Waals surface area contributed by atoms with Crippen LogP contribution in [-0.4, -0.2) is 23.0 Å². The molecule has 0 saturated heterocycles. The van der Waals surface area contributed by atoms with Crippen LogP contribution in [-0.2, 0) is 11.2 Å². The van der Waals surface area contributed by atoms with Crippen LogP contribution in [0.5, 0.6) is 0 Å². The molecule has 2 atom stereocenters. The normalized spacial score (nSPS) is 22.8. The van der Waals surface area contributed by atoms with Gasteiger partial charge < -0.3 is 16.3 Å². The fourth-order valence-electron chi connectivity index (χ4n) is 2.80. The van der Waals surface area contributed by atoms with Crippen molar-refractivity contribution in [2.24, 2.45) is 16.8 Å². The van der Waals surface area contributed by atoms with Gasteiger partial charge in [0, 0.05) is 12.0 Å². The first-order valence-corrected chi connectivity index (χ1v) is 6.93. The monoisotopic (exact) mass is 275 g/mol. The largest absolute Gasteiger partial charge is 0.409 e. The summed E-state index contributed by atoms with van der Waals surface area (Å²) in [6.07, 6.45) is 3.08. The van der Waals surface area contributed by atoms with Gasteiger partial charge >= 0.3 is 0 Å². The minimum Gasteiger partial charge on any atom is -0.409 e. The maximum atomic E-state index is 12.1. The molecule has 1 aliphatic rings. The summed E-state index contributed by atoms with van der Waals surface area (Å²) in [5, 5.41) is 14.8. The van der Waals surface area contributed by atoms with Crippen LogP contribution < -0.4 is 11.1 Å². The number of amidine groups is 1. The number of rotatable bonds is 4. The first kappa shape index (κ1) is 14.4. The summed E-state index contributed by atoms with van der Waals surface area (Å²) in [5.74, 6) is 0.145. The van der Waals surface area contributed by atoms with Crippen LogP contribution in [0, 0.1) is 12.8 Å². The van der Waals surface area contributed by atoms with Crippen molar-refractivity contribution >= 4 is 11.7 Å². The standard InChI is InChI=1S/C15H21N3O2/c1-10-5-2-3-6-11(10)9-14(19)17-13-8-4-7-12(13)15(16)18-20/h2-3,5-6,12-13,20H,4,7-9H2,1H3,(H2,16,18)(H,17,19). The molecule has 1 amide bonds. The van der Waals surface area contributed by atoms with Gasteiger partial charge in [0.2, 0.25) is 5.91 Å². The van der Waals surface area contributed by atoms with Crippen molar-refractivity contribution in [1.29, 1.82) is 0 Å². The maximum absolute atomic E-state index is 12.1. The summed E-state index contributed by atoms with van der Waals surface area (Å²) in [6, 6.07) is 7.83. The third kappa shape index (κ3) is 3.29. The van der Waals surface area contributed by atoms with Gasteiger partial charge in [-0.25, -0.2) is 0 Å². The number of nitrogens with zero attached hydrogens (tertiary/aromatic N) is 1. The molecular weight excluding hydrogens is 254 g/mol. The molecule has 0 spiro atoms. The second-order valence-electron chi connectivity index (χ2n) is 5.34. The highest BCUT2D eigenvalue weighted by Gasteiger charge is 2.31. The number of amides is 1. The Bertz CT molecular complexity index is 514. The number of carbonyl (C=O) groups excluding carboxylic acids is 1. The van der Waals surface area contributed by atoms with Crippen LogP contribution in [0.4, 0.5) is 0 Å². The molecule has 1 aromatic rings. The van der Waals surface area contributed by atoms with Crippen molar-refractivity contribution in [3.05, 3.63) is 35.4 Å². The van der Waals surface area contributed by atoms with Crippen molar-refractivity contribution in [3.63, 3.8) is 0 Å². The summed E-state index contributed by atoms with van der Waals surface area (Å²) in [5.41, 5.74) is 7.81. The quantitative estimate of drug-likeness (QED) is 0.337. The Kier molecular flexibility index (Phi) is 4.61. The highest BCUT2D eigenvalue weighted by Crippen LogP contribution is 2.26. The molecule has 1 aromatic carbocycles. The molecule has 5 heteroatoms. The number of oxime groups is 1. The van der Waals surface area contributed by atoms with E-state index in [1.165, 1.54) is 0 Å². The van der Waals surface area contributed by atoms with Crippen LogP contribution in [0.2, 0.25) is 0 Å². The molecule has 0 heterocycles. The van der Waals surface area contributed by atoms with Crippen LogP contribution in [0.25, 0.3) is 0 Å². The zero-order valence-electron chi connectivity index (χ0n) is 11.7. The number of hydrogen-bond donors (Lipinski definition) is 3. The summed E-state index contributed by atoms with van der Waals surface area (Å²) >= 11 is 0. The number of nitrogens with one attached hydrogen (secondary N) is 1. The van der Waals surface area contributed by atoms with E-state index >= 15 is 0 Å². The van der Waals surface area contributed by atoms with E-state index < -0.39 is 0 Å². The van der Waals surface area contributed by atoms with Crippen molar-refractivity contribution in [2.45, 2.75) is 38.6 Å². The van der Waals surface area contributed by atoms with Gasteiger partial charge in [0.15, 0.2) is 0 Å². The summed E-state index contributed by atoms with van der Waals surface area (Å²) < 4.78 is 0. The van der Waals surface area contributed by atoms with E-state index in [4.69, 9.17) is 10.9 Å². The zero-order chi connectivity index (χ0) is 14.5. The van der Waals surface area contributed by atoms with Crippen molar-refractivity contribution in [1.82, 2.24) is 5.32 Å². The predicted octanol–water partition coefficient (Wildman–Crippen LogP) is 1.57. The van der Waals surface area contributed by atoms with Gasteiger partial charge in [-0.15, -0.1) is 0 Å². The lowest BCUT2D eigenvalue weighted by Gasteiger charge is -2.20. The Morgan fingerprint density at radius 2 is 2.20 bits per heavy atom. The van der Waals surface area contributed by atoms with E-state index in [9.17, 15) is 4.79 Å². The van der Waals surface area contributed by atoms with Gasteiger partial charge in [-0.3, -0.25) is 4.79 Å². The number of aryl methyl sites for hydroxylation is 1. The van der Waals surface area contributed by atoms with E-state index in [2.05, 4.69) is 10.5 Å². The second-order valence-corrected chi connectivity index (χ2v) is 5.34. The molecule has 5 nitrogen and oxygen atoms in total. The highest BCUT2D eigenvalue weighted by atomic mass is 16.4. The Hall–Kier alpha value is -2.04. The third-order valence-corrected chi connectivity index (χ3v) is 3.97. The van der Waals surface area contributed by atoms with Gasteiger partial charge in [-0.1, -0.05) is 35.8 Å². The lowest BCUT2D eigenvalue weighted by atomic mass is 10.0. The number of nitrogens with two attached hydrogens (primary N) is 1.